The number of carbonyl (C=O) groups excluding carboxylic acids is 3. The molecule has 146 valence electrons. The first-order valence-electron chi connectivity index (χ1n) is 8.06. The van der Waals surface area contributed by atoms with E-state index in [9.17, 15) is 23.2 Å². The first-order valence-corrected chi connectivity index (χ1v) is 8.06. The minimum atomic E-state index is -3.74. The molecule has 0 bridgehead atoms. The van der Waals surface area contributed by atoms with Crippen molar-refractivity contribution >= 4 is 23.5 Å². The minimum Gasteiger partial charge on any atom is -0.469 e. The van der Waals surface area contributed by atoms with Crippen molar-refractivity contribution < 1.29 is 37.4 Å². The molecule has 2 aliphatic heterocycles. The monoisotopic (exact) mass is 385 g/mol. The van der Waals surface area contributed by atoms with Gasteiger partial charge in [-0.05, 0) is 12.1 Å². The molecule has 1 saturated heterocycles. The van der Waals surface area contributed by atoms with Crippen molar-refractivity contribution in [2.24, 2.45) is 0 Å². The molecule has 3 rings (SSSR count). The average Bonchev–Trinajstić information content (AvgIpc) is 2.90. The molecule has 0 aliphatic carbocycles. The van der Waals surface area contributed by atoms with Crippen LogP contribution in [0.5, 0.6) is 11.5 Å². The largest absolute Gasteiger partial charge is 0.586 e. The molecule has 0 saturated carbocycles. The van der Waals surface area contributed by atoms with E-state index in [2.05, 4.69) is 24.8 Å². The summed E-state index contributed by atoms with van der Waals surface area (Å²) in [6, 6.07) is 3.02. The van der Waals surface area contributed by atoms with Gasteiger partial charge in [0.1, 0.15) is 6.04 Å². The number of carbonyl (C=O) groups is 3. The first kappa shape index (κ1) is 18.8. The maximum atomic E-state index is 13.0. The Labute approximate surface area is 152 Å². The molecular weight excluding hydrogens is 368 g/mol. The average molecular weight is 385 g/mol. The van der Waals surface area contributed by atoms with Gasteiger partial charge < -0.3 is 24.8 Å². The van der Waals surface area contributed by atoms with Crippen molar-refractivity contribution in [3.63, 3.8) is 0 Å². The molecule has 2 aliphatic rings. The molecule has 1 atom stereocenters. The fraction of sp³-hybridized carbons (Fsp3) is 0.438. The molecule has 2 heterocycles. The van der Waals surface area contributed by atoms with Gasteiger partial charge in [0, 0.05) is 24.8 Å². The number of anilines is 1. The van der Waals surface area contributed by atoms with Crippen LogP contribution in [0.15, 0.2) is 18.2 Å². The standard InChI is InChI=1S/C16H17F2N3O6/c1-25-14(23)7-10-15(24)19-4-5-21(10)8-13(22)20-9-2-3-11-12(6-9)27-16(17,18)26-11/h2-3,6,10H,4-5,7-8H2,1H3,(H,19,24)(H,20,22)/t10-/m1/s1. The van der Waals surface area contributed by atoms with Crippen LogP contribution >= 0.6 is 0 Å². The van der Waals surface area contributed by atoms with Gasteiger partial charge in [0.15, 0.2) is 11.5 Å². The van der Waals surface area contributed by atoms with E-state index in [0.717, 1.165) is 0 Å². The normalized spacial score (nSPS) is 20.7. The third kappa shape index (κ3) is 4.42. The lowest BCUT2D eigenvalue weighted by atomic mass is 10.1. The van der Waals surface area contributed by atoms with Gasteiger partial charge in [0.05, 0.1) is 20.1 Å². The first-order chi connectivity index (χ1) is 12.8. The molecule has 1 aromatic rings. The number of piperazine rings is 1. The lowest BCUT2D eigenvalue weighted by Crippen LogP contribution is -2.57. The number of hydrogen-bond donors (Lipinski definition) is 2. The molecule has 11 heteroatoms. The summed E-state index contributed by atoms with van der Waals surface area (Å²) in [5.41, 5.74) is 0.228. The van der Waals surface area contributed by atoms with Crippen molar-refractivity contribution in [2.45, 2.75) is 18.8 Å². The Morgan fingerprint density at radius 1 is 1.37 bits per heavy atom. The predicted octanol–water partition coefficient (Wildman–Crippen LogP) is 0.310. The summed E-state index contributed by atoms with van der Waals surface area (Å²) in [5.74, 6) is -1.75. The molecule has 2 N–H and O–H groups in total. The smallest absolute Gasteiger partial charge is 0.469 e. The summed E-state index contributed by atoms with van der Waals surface area (Å²) < 4.78 is 39.3. The van der Waals surface area contributed by atoms with Gasteiger partial charge in [-0.3, -0.25) is 19.3 Å². The Kier molecular flexibility index (Phi) is 5.13. The summed E-state index contributed by atoms with van der Waals surface area (Å²) in [6.07, 6.45) is -3.93. The third-order valence-electron chi connectivity index (χ3n) is 4.06. The Bertz CT molecular complexity index is 773. The molecule has 2 amide bonds. The highest BCUT2D eigenvalue weighted by molar-refractivity contribution is 5.94. The number of nitrogens with zero attached hydrogens (tertiary/aromatic N) is 1. The number of ether oxygens (including phenoxy) is 3. The molecule has 1 aromatic carbocycles. The highest BCUT2D eigenvalue weighted by atomic mass is 19.3. The third-order valence-corrected chi connectivity index (χ3v) is 4.06. The molecule has 9 nitrogen and oxygen atoms in total. The fourth-order valence-electron chi connectivity index (χ4n) is 2.83. The molecular formula is C16H17F2N3O6. The van der Waals surface area contributed by atoms with Crippen LogP contribution in [-0.2, 0) is 19.1 Å². The van der Waals surface area contributed by atoms with Crippen LogP contribution in [0.3, 0.4) is 0 Å². The van der Waals surface area contributed by atoms with Crippen LogP contribution in [0.1, 0.15) is 6.42 Å². The van der Waals surface area contributed by atoms with Crippen molar-refractivity contribution in [2.75, 3.05) is 32.1 Å². The van der Waals surface area contributed by atoms with Gasteiger partial charge in [0.2, 0.25) is 11.8 Å². The van der Waals surface area contributed by atoms with Crippen LogP contribution in [0.4, 0.5) is 14.5 Å². The summed E-state index contributed by atoms with van der Waals surface area (Å²) in [5, 5.41) is 5.17. The number of hydrogen-bond acceptors (Lipinski definition) is 7. The van der Waals surface area contributed by atoms with Crippen LogP contribution in [0, 0.1) is 0 Å². The Balaban J connectivity index is 1.63. The summed E-state index contributed by atoms with van der Waals surface area (Å²) in [6.45, 7) is 0.538. The van der Waals surface area contributed by atoms with E-state index in [1.807, 2.05) is 0 Å². The molecule has 0 unspecified atom stereocenters. The predicted molar refractivity (Wildman–Crippen MR) is 86.3 cm³/mol. The Morgan fingerprint density at radius 2 is 2.11 bits per heavy atom. The van der Waals surface area contributed by atoms with E-state index in [4.69, 9.17) is 0 Å². The summed E-state index contributed by atoms with van der Waals surface area (Å²) >= 11 is 0. The minimum absolute atomic E-state index is 0.135. The second kappa shape index (κ2) is 7.35. The van der Waals surface area contributed by atoms with E-state index >= 15 is 0 Å². The number of alkyl halides is 2. The van der Waals surface area contributed by atoms with E-state index in [-0.39, 0.29) is 36.1 Å². The lowest BCUT2D eigenvalue weighted by Gasteiger charge is -2.33. The van der Waals surface area contributed by atoms with Crippen LogP contribution in [0.25, 0.3) is 0 Å². The number of methoxy groups -OCH3 is 1. The van der Waals surface area contributed by atoms with Crippen molar-refractivity contribution in [1.29, 1.82) is 0 Å². The number of rotatable bonds is 5. The molecule has 0 radical (unpaired) electrons. The van der Waals surface area contributed by atoms with Crippen LogP contribution in [0.2, 0.25) is 0 Å². The molecule has 0 aromatic heterocycles. The second-order valence-corrected chi connectivity index (χ2v) is 5.93. The quantitative estimate of drug-likeness (QED) is 0.703. The highest BCUT2D eigenvalue weighted by Gasteiger charge is 2.43. The van der Waals surface area contributed by atoms with Crippen LogP contribution < -0.4 is 20.1 Å². The van der Waals surface area contributed by atoms with Gasteiger partial charge in [-0.1, -0.05) is 0 Å². The van der Waals surface area contributed by atoms with Crippen LogP contribution in [-0.4, -0.2) is 61.8 Å². The number of fused-ring (bicyclic) bond motifs is 1. The maximum Gasteiger partial charge on any atom is 0.586 e. The van der Waals surface area contributed by atoms with Gasteiger partial charge in [-0.2, -0.15) is 0 Å². The SMILES string of the molecule is COC(=O)C[C@@H]1C(=O)NCCN1CC(=O)Nc1ccc2c(c1)OC(F)(F)O2. The van der Waals surface area contributed by atoms with Gasteiger partial charge >= 0.3 is 12.3 Å². The molecule has 0 spiro atoms. The Hall–Kier alpha value is -2.95. The zero-order chi connectivity index (χ0) is 19.6. The molecule has 1 fully saturated rings. The Morgan fingerprint density at radius 3 is 2.85 bits per heavy atom. The van der Waals surface area contributed by atoms with E-state index < -0.39 is 24.2 Å². The summed E-state index contributed by atoms with van der Waals surface area (Å²) in [7, 11) is 1.21. The number of benzene rings is 1. The second-order valence-electron chi connectivity index (χ2n) is 5.93. The number of amides is 2. The van der Waals surface area contributed by atoms with Gasteiger partial charge in [0.25, 0.3) is 0 Å². The van der Waals surface area contributed by atoms with Crippen molar-refractivity contribution in [3.8, 4) is 11.5 Å². The fourth-order valence-corrected chi connectivity index (χ4v) is 2.83. The van der Waals surface area contributed by atoms with Crippen molar-refractivity contribution in [1.82, 2.24) is 10.2 Å². The number of esters is 1. The van der Waals surface area contributed by atoms with E-state index in [1.54, 1.807) is 4.90 Å². The van der Waals surface area contributed by atoms with Gasteiger partial charge in [-0.25, -0.2) is 0 Å². The lowest BCUT2D eigenvalue weighted by molar-refractivity contribution is -0.286. The zero-order valence-electron chi connectivity index (χ0n) is 14.3. The van der Waals surface area contributed by atoms with Gasteiger partial charge in [-0.15, -0.1) is 8.78 Å². The zero-order valence-corrected chi connectivity index (χ0v) is 14.3. The summed E-state index contributed by atoms with van der Waals surface area (Å²) in [4.78, 5) is 37.3. The highest BCUT2D eigenvalue weighted by Crippen LogP contribution is 2.42. The van der Waals surface area contributed by atoms with E-state index in [0.29, 0.717) is 13.1 Å². The van der Waals surface area contributed by atoms with E-state index in [1.165, 1.54) is 25.3 Å². The topological polar surface area (TPSA) is 106 Å². The number of halogens is 2. The maximum absolute atomic E-state index is 13.0. The van der Waals surface area contributed by atoms with Crippen molar-refractivity contribution in [3.05, 3.63) is 18.2 Å². The molecule has 27 heavy (non-hydrogen) atoms. The number of nitrogens with one attached hydrogen (secondary N) is 2.